The Morgan fingerprint density at radius 3 is 2.62 bits per heavy atom. The van der Waals surface area contributed by atoms with E-state index >= 15 is 0 Å². The molecule has 0 spiro atoms. The highest BCUT2D eigenvalue weighted by atomic mass is 35.5. The monoisotopic (exact) mass is 213 g/mol. The van der Waals surface area contributed by atoms with Gasteiger partial charge in [0.1, 0.15) is 0 Å². The second-order valence-corrected chi connectivity index (χ2v) is 3.76. The fourth-order valence-corrected chi connectivity index (χ4v) is 2.01. The van der Waals surface area contributed by atoms with Crippen molar-refractivity contribution in [1.29, 1.82) is 0 Å². The third-order valence-corrected chi connectivity index (χ3v) is 2.83. The first-order chi connectivity index (χ1) is 6.24. The molecule has 0 aliphatic rings. The molecule has 0 aliphatic heterocycles. The third kappa shape index (κ3) is 1.32. The molecule has 1 N–H and O–H groups in total. The third-order valence-electron chi connectivity index (χ3n) is 2.20. The highest BCUT2D eigenvalue weighted by Crippen LogP contribution is 2.31. The van der Waals surface area contributed by atoms with Crippen LogP contribution in [0.5, 0.6) is 0 Å². The number of nitrogens with one attached hydrogen (secondary N) is 1. The summed E-state index contributed by atoms with van der Waals surface area (Å²) >= 11 is 12.1. The van der Waals surface area contributed by atoms with Gasteiger partial charge in [0.2, 0.25) is 0 Å². The van der Waals surface area contributed by atoms with Gasteiger partial charge in [-0.15, -0.1) is 0 Å². The van der Waals surface area contributed by atoms with Gasteiger partial charge in [0.15, 0.2) is 0 Å². The molecule has 68 valence electrons. The van der Waals surface area contributed by atoms with Gasteiger partial charge in [0.25, 0.3) is 0 Å². The maximum absolute atomic E-state index is 6.08. The Morgan fingerprint density at radius 1 is 1.23 bits per heavy atom. The van der Waals surface area contributed by atoms with E-state index in [4.69, 9.17) is 23.2 Å². The van der Waals surface area contributed by atoms with Gasteiger partial charge in [0, 0.05) is 11.6 Å². The molecular formula is C10H9Cl2N. The van der Waals surface area contributed by atoms with Gasteiger partial charge in [-0.3, -0.25) is 0 Å². The lowest BCUT2D eigenvalue weighted by atomic mass is 10.1. The SMILES string of the molecule is CCc1c[nH]c2c(Cl)ccc(Cl)c12. The van der Waals surface area contributed by atoms with Gasteiger partial charge < -0.3 is 4.98 Å². The summed E-state index contributed by atoms with van der Waals surface area (Å²) in [5.74, 6) is 0. The number of benzene rings is 1. The van der Waals surface area contributed by atoms with E-state index < -0.39 is 0 Å². The molecule has 0 saturated heterocycles. The van der Waals surface area contributed by atoms with Gasteiger partial charge in [-0.2, -0.15) is 0 Å². The quantitative estimate of drug-likeness (QED) is 0.737. The number of rotatable bonds is 1. The Morgan fingerprint density at radius 2 is 1.92 bits per heavy atom. The topological polar surface area (TPSA) is 15.8 Å². The Balaban J connectivity index is 2.87. The van der Waals surface area contributed by atoms with Crippen molar-refractivity contribution >= 4 is 34.1 Å². The predicted molar refractivity (Wildman–Crippen MR) is 57.7 cm³/mol. The minimum atomic E-state index is 0.721. The van der Waals surface area contributed by atoms with Gasteiger partial charge in [-0.1, -0.05) is 30.1 Å². The van der Waals surface area contributed by atoms with Gasteiger partial charge >= 0.3 is 0 Å². The van der Waals surface area contributed by atoms with E-state index in [1.807, 2.05) is 18.3 Å². The predicted octanol–water partition coefficient (Wildman–Crippen LogP) is 4.04. The highest BCUT2D eigenvalue weighted by Gasteiger charge is 2.08. The number of aromatic amines is 1. The van der Waals surface area contributed by atoms with Crippen LogP contribution in [0.2, 0.25) is 10.0 Å². The molecule has 0 amide bonds. The first kappa shape index (κ1) is 8.92. The molecule has 1 aromatic heterocycles. The zero-order valence-electron chi connectivity index (χ0n) is 7.20. The van der Waals surface area contributed by atoms with E-state index in [1.165, 1.54) is 5.56 Å². The Kier molecular flexibility index (Phi) is 2.22. The van der Waals surface area contributed by atoms with Gasteiger partial charge in [-0.05, 0) is 24.1 Å². The van der Waals surface area contributed by atoms with Crippen LogP contribution in [0.15, 0.2) is 18.3 Å². The zero-order valence-corrected chi connectivity index (χ0v) is 8.71. The minimum Gasteiger partial charge on any atom is -0.360 e. The minimum absolute atomic E-state index is 0.721. The molecule has 1 heterocycles. The normalized spacial score (nSPS) is 11.0. The molecule has 3 heteroatoms. The number of fused-ring (bicyclic) bond motifs is 1. The van der Waals surface area contributed by atoms with Crippen molar-refractivity contribution in [2.45, 2.75) is 13.3 Å². The first-order valence-corrected chi connectivity index (χ1v) is 4.93. The average molecular weight is 214 g/mol. The first-order valence-electron chi connectivity index (χ1n) is 4.18. The van der Waals surface area contributed by atoms with Crippen LogP contribution in [0.1, 0.15) is 12.5 Å². The lowest BCUT2D eigenvalue weighted by Crippen LogP contribution is -1.77. The van der Waals surface area contributed by atoms with Crippen molar-refractivity contribution < 1.29 is 0 Å². The van der Waals surface area contributed by atoms with Crippen molar-refractivity contribution in [3.05, 3.63) is 33.9 Å². The van der Waals surface area contributed by atoms with Gasteiger partial charge in [-0.25, -0.2) is 0 Å². The molecule has 0 atom stereocenters. The van der Waals surface area contributed by atoms with Crippen molar-refractivity contribution in [2.75, 3.05) is 0 Å². The molecule has 0 saturated carbocycles. The van der Waals surface area contributed by atoms with Crippen molar-refractivity contribution in [3.63, 3.8) is 0 Å². The largest absolute Gasteiger partial charge is 0.360 e. The fourth-order valence-electron chi connectivity index (χ4n) is 1.52. The van der Waals surface area contributed by atoms with Crippen LogP contribution in [0.25, 0.3) is 10.9 Å². The number of halogens is 2. The van der Waals surface area contributed by atoms with Crippen LogP contribution in [-0.4, -0.2) is 4.98 Å². The Hall–Kier alpha value is -0.660. The van der Waals surface area contributed by atoms with E-state index in [0.717, 1.165) is 27.4 Å². The van der Waals surface area contributed by atoms with Crippen LogP contribution in [0.3, 0.4) is 0 Å². The lowest BCUT2D eigenvalue weighted by molar-refractivity contribution is 1.15. The van der Waals surface area contributed by atoms with E-state index in [1.54, 1.807) is 0 Å². The molecule has 13 heavy (non-hydrogen) atoms. The van der Waals surface area contributed by atoms with E-state index in [0.29, 0.717) is 0 Å². The number of aryl methyl sites for hydroxylation is 1. The molecule has 2 aromatic rings. The smallest absolute Gasteiger partial charge is 0.0661 e. The van der Waals surface area contributed by atoms with Crippen LogP contribution < -0.4 is 0 Å². The summed E-state index contributed by atoms with van der Waals surface area (Å²) in [7, 11) is 0. The van der Waals surface area contributed by atoms with Crippen LogP contribution in [0.4, 0.5) is 0 Å². The highest BCUT2D eigenvalue weighted by molar-refractivity contribution is 6.40. The van der Waals surface area contributed by atoms with Crippen LogP contribution in [0, 0.1) is 0 Å². The zero-order chi connectivity index (χ0) is 9.42. The van der Waals surface area contributed by atoms with Crippen molar-refractivity contribution in [3.8, 4) is 0 Å². The number of H-pyrrole nitrogens is 1. The summed E-state index contributed by atoms with van der Waals surface area (Å²) in [5.41, 5.74) is 2.15. The maximum atomic E-state index is 6.08. The molecule has 0 unspecified atom stereocenters. The van der Waals surface area contributed by atoms with E-state index in [2.05, 4.69) is 11.9 Å². The van der Waals surface area contributed by atoms with Crippen LogP contribution in [-0.2, 0) is 6.42 Å². The molecule has 2 rings (SSSR count). The second-order valence-electron chi connectivity index (χ2n) is 2.95. The molecule has 0 fully saturated rings. The second kappa shape index (κ2) is 3.24. The summed E-state index contributed by atoms with van der Waals surface area (Å²) in [6.07, 6.45) is 2.92. The molecule has 0 radical (unpaired) electrons. The summed E-state index contributed by atoms with van der Waals surface area (Å²) in [6, 6.07) is 3.64. The fraction of sp³-hybridized carbons (Fsp3) is 0.200. The lowest BCUT2D eigenvalue weighted by Gasteiger charge is -1.98. The van der Waals surface area contributed by atoms with E-state index in [-0.39, 0.29) is 0 Å². The average Bonchev–Trinajstić information content (AvgIpc) is 2.56. The number of hydrogen-bond donors (Lipinski definition) is 1. The van der Waals surface area contributed by atoms with Crippen molar-refractivity contribution in [2.24, 2.45) is 0 Å². The number of hydrogen-bond acceptors (Lipinski definition) is 0. The summed E-state index contributed by atoms with van der Waals surface area (Å²) < 4.78 is 0. The summed E-state index contributed by atoms with van der Waals surface area (Å²) in [5, 5.41) is 2.54. The molecular weight excluding hydrogens is 205 g/mol. The number of aromatic nitrogens is 1. The Labute approximate surface area is 86.7 Å². The summed E-state index contributed by atoms with van der Waals surface area (Å²) in [6.45, 7) is 2.10. The van der Waals surface area contributed by atoms with E-state index in [9.17, 15) is 0 Å². The van der Waals surface area contributed by atoms with Crippen LogP contribution >= 0.6 is 23.2 Å². The molecule has 1 aromatic carbocycles. The standard InChI is InChI=1S/C10H9Cl2N/c1-2-6-5-13-10-8(12)4-3-7(11)9(6)10/h3-5,13H,2H2,1H3. The molecule has 1 nitrogen and oxygen atoms in total. The Bertz CT molecular complexity index is 445. The van der Waals surface area contributed by atoms with Crippen molar-refractivity contribution in [1.82, 2.24) is 4.98 Å². The van der Waals surface area contributed by atoms with Gasteiger partial charge in [0.05, 0.1) is 15.6 Å². The maximum Gasteiger partial charge on any atom is 0.0661 e. The summed E-state index contributed by atoms with van der Waals surface area (Å²) in [4.78, 5) is 3.13. The molecule has 0 aliphatic carbocycles. The molecule has 0 bridgehead atoms.